The van der Waals surface area contributed by atoms with E-state index in [2.05, 4.69) is 4.98 Å². The average Bonchev–Trinajstić information content (AvgIpc) is 2.81. The Morgan fingerprint density at radius 3 is 2.88 bits per heavy atom. The van der Waals surface area contributed by atoms with E-state index in [0.29, 0.717) is 0 Å². The zero-order chi connectivity index (χ0) is 11.5. The Kier molecular flexibility index (Phi) is 2.65. The molecule has 0 spiro atoms. The number of hydrogen-bond donors (Lipinski definition) is 1. The van der Waals surface area contributed by atoms with E-state index >= 15 is 0 Å². The van der Waals surface area contributed by atoms with Gasteiger partial charge in [0.25, 0.3) is 5.69 Å². The molecule has 0 unspecified atom stereocenters. The van der Waals surface area contributed by atoms with E-state index in [9.17, 15) is 10.1 Å². The standard InChI is InChI=1S/C10H9N3O3/c14-6-8-5-9(12-4-3-11-7-12)1-2-10(8)13(15)16/h1-5,7,14H,6H2. The molecule has 6 heteroatoms. The fourth-order valence-electron chi connectivity index (χ4n) is 1.45. The summed E-state index contributed by atoms with van der Waals surface area (Å²) in [6.07, 6.45) is 4.92. The van der Waals surface area contributed by atoms with E-state index in [0.717, 1.165) is 5.69 Å². The lowest BCUT2D eigenvalue weighted by atomic mass is 10.1. The van der Waals surface area contributed by atoms with Crippen LogP contribution in [0.25, 0.3) is 5.69 Å². The summed E-state index contributed by atoms with van der Waals surface area (Å²) in [5.74, 6) is 0. The molecule has 0 radical (unpaired) electrons. The molecule has 0 fully saturated rings. The Morgan fingerprint density at radius 2 is 2.31 bits per heavy atom. The summed E-state index contributed by atoms with van der Waals surface area (Å²) >= 11 is 0. The molecule has 0 saturated heterocycles. The van der Waals surface area contributed by atoms with Crippen LogP contribution in [0.2, 0.25) is 0 Å². The molecule has 1 aromatic heterocycles. The van der Waals surface area contributed by atoms with Crippen molar-refractivity contribution in [1.82, 2.24) is 9.55 Å². The van der Waals surface area contributed by atoms with Gasteiger partial charge >= 0.3 is 0 Å². The van der Waals surface area contributed by atoms with Crippen LogP contribution in [-0.4, -0.2) is 19.6 Å². The first-order chi connectivity index (χ1) is 7.72. The van der Waals surface area contributed by atoms with Gasteiger partial charge in [0.15, 0.2) is 0 Å². The van der Waals surface area contributed by atoms with Crippen LogP contribution in [0.1, 0.15) is 5.56 Å². The van der Waals surface area contributed by atoms with Crippen molar-refractivity contribution in [3.05, 3.63) is 52.6 Å². The van der Waals surface area contributed by atoms with Crippen molar-refractivity contribution in [1.29, 1.82) is 0 Å². The largest absolute Gasteiger partial charge is 0.391 e. The molecular formula is C10H9N3O3. The Balaban J connectivity index is 2.49. The van der Waals surface area contributed by atoms with Gasteiger partial charge < -0.3 is 9.67 Å². The number of nitro benzene ring substituents is 1. The van der Waals surface area contributed by atoms with Crippen LogP contribution < -0.4 is 0 Å². The van der Waals surface area contributed by atoms with Gasteiger partial charge in [0.2, 0.25) is 0 Å². The number of aliphatic hydroxyl groups excluding tert-OH is 1. The van der Waals surface area contributed by atoms with Crippen molar-refractivity contribution in [3.8, 4) is 5.69 Å². The van der Waals surface area contributed by atoms with Crippen LogP contribution >= 0.6 is 0 Å². The SMILES string of the molecule is O=[N+]([O-])c1ccc(-n2ccnc2)cc1CO. The number of aromatic nitrogens is 2. The number of nitrogens with zero attached hydrogens (tertiary/aromatic N) is 3. The third-order valence-electron chi connectivity index (χ3n) is 2.23. The highest BCUT2D eigenvalue weighted by atomic mass is 16.6. The van der Waals surface area contributed by atoms with Crippen molar-refractivity contribution >= 4 is 5.69 Å². The van der Waals surface area contributed by atoms with Gasteiger partial charge in [-0.25, -0.2) is 4.98 Å². The fourth-order valence-corrected chi connectivity index (χ4v) is 1.45. The molecule has 1 N–H and O–H groups in total. The maximum atomic E-state index is 10.7. The monoisotopic (exact) mass is 219 g/mol. The van der Waals surface area contributed by atoms with Gasteiger partial charge in [0.05, 0.1) is 23.4 Å². The first-order valence-corrected chi connectivity index (χ1v) is 4.59. The van der Waals surface area contributed by atoms with E-state index in [-0.39, 0.29) is 17.9 Å². The number of nitro groups is 1. The summed E-state index contributed by atoms with van der Waals surface area (Å²) in [4.78, 5) is 14.0. The molecule has 1 aromatic carbocycles. The molecule has 0 atom stereocenters. The van der Waals surface area contributed by atoms with Crippen LogP contribution in [0.3, 0.4) is 0 Å². The summed E-state index contributed by atoms with van der Waals surface area (Å²) in [6.45, 7) is -0.362. The van der Waals surface area contributed by atoms with E-state index in [4.69, 9.17) is 5.11 Å². The van der Waals surface area contributed by atoms with Gasteiger partial charge in [-0.1, -0.05) is 0 Å². The number of hydrogen-bond acceptors (Lipinski definition) is 4. The van der Waals surface area contributed by atoms with Crippen LogP contribution in [0.15, 0.2) is 36.9 Å². The zero-order valence-corrected chi connectivity index (χ0v) is 8.28. The van der Waals surface area contributed by atoms with Crippen LogP contribution in [0.4, 0.5) is 5.69 Å². The van der Waals surface area contributed by atoms with Gasteiger partial charge in [-0.15, -0.1) is 0 Å². The summed E-state index contributed by atoms with van der Waals surface area (Å²) < 4.78 is 1.71. The minimum atomic E-state index is -0.511. The van der Waals surface area contributed by atoms with E-state index in [1.54, 1.807) is 35.4 Å². The first-order valence-electron chi connectivity index (χ1n) is 4.59. The molecule has 6 nitrogen and oxygen atoms in total. The number of benzene rings is 1. The van der Waals surface area contributed by atoms with Gasteiger partial charge in [-0.2, -0.15) is 0 Å². The van der Waals surface area contributed by atoms with E-state index in [1.807, 2.05) is 0 Å². The third kappa shape index (κ3) is 1.78. The number of imidazole rings is 1. The minimum Gasteiger partial charge on any atom is -0.391 e. The Bertz CT molecular complexity index is 508. The van der Waals surface area contributed by atoms with Crippen molar-refractivity contribution in [2.24, 2.45) is 0 Å². The third-order valence-corrected chi connectivity index (χ3v) is 2.23. The molecule has 2 rings (SSSR count). The quantitative estimate of drug-likeness (QED) is 0.622. The maximum Gasteiger partial charge on any atom is 0.275 e. The molecule has 0 amide bonds. The Morgan fingerprint density at radius 1 is 1.50 bits per heavy atom. The van der Waals surface area contributed by atoms with Crippen LogP contribution in [0.5, 0.6) is 0 Å². The molecular weight excluding hydrogens is 210 g/mol. The summed E-state index contributed by atoms with van der Waals surface area (Å²) in [6, 6.07) is 4.56. The molecule has 1 heterocycles. The fraction of sp³-hybridized carbons (Fsp3) is 0.100. The van der Waals surface area contributed by atoms with Crippen molar-refractivity contribution < 1.29 is 10.0 Å². The predicted octanol–water partition coefficient (Wildman–Crippen LogP) is 1.27. The van der Waals surface area contributed by atoms with Crippen molar-refractivity contribution in [2.45, 2.75) is 6.61 Å². The second kappa shape index (κ2) is 4.11. The smallest absolute Gasteiger partial charge is 0.275 e. The second-order valence-corrected chi connectivity index (χ2v) is 3.20. The molecule has 0 aliphatic rings. The second-order valence-electron chi connectivity index (χ2n) is 3.20. The first kappa shape index (κ1) is 10.3. The molecule has 16 heavy (non-hydrogen) atoms. The van der Waals surface area contributed by atoms with Gasteiger partial charge in [-0.3, -0.25) is 10.1 Å². The molecule has 0 aliphatic carbocycles. The molecule has 0 aliphatic heterocycles. The van der Waals surface area contributed by atoms with E-state index < -0.39 is 4.92 Å². The topological polar surface area (TPSA) is 81.2 Å². The van der Waals surface area contributed by atoms with Crippen molar-refractivity contribution in [3.63, 3.8) is 0 Å². The summed E-state index contributed by atoms with van der Waals surface area (Å²) in [5, 5.41) is 19.7. The van der Waals surface area contributed by atoms with E-state index in [1.165, 1.54) is 6.07 Å². The number of rotatable bonds is 3. The highest BCUT2D eigenvalue weighted by Crippen LogP contribution is 2.21. The maximum absolute atomic E-state index is 10.7. The van der Waals surface area contributed by atoms with Gasteiger partial charge in [0.1, 0.15) is 0 Å². The average molecular weight is 219 g/mol. The van der Waals surface area contributed by atoms with Gasteiger partial charge in [-0.05, 0) is 12.1 Å². The van der Waals surface area contributed by atoms with Crippen LogP contribution in [0, 0.1) is 10.1 Å². The molecule has 2 aromatic rings. The molecule has 0 bridgehead atoms. The Labute approximate surface area is 90.9 Å². The Hall–Kier alpha value is -2.21. The predicted molar refractivity (Wildman–Crippen MR) is 56.1 cm³/mol. The highest BCUT2D eigenvalue weighted by molar-refractivity contribution is 5.48. The lowest BCUT2D eigenvalue weighted by Crippen LogP contribution is -1.98. The summed E-state index contributed by atoms with van der Waals surface area (Å²) in [7, 11) is 0. The normalized spacial score (nSPS) is 10.3. The number of aliphatic hydroxyl groups is 1. The molecule has 0 saturated carbocycles. The lowest BCUT2D eigenvalue weighted by molar-refractivity contribution is -0.385. The van der Waals surface area contributed by atoms with Crippen LogP contribution in [-0.2, 0) is 6.61 Å². The molecule has 82 valence electrons. The van der Waals surface area contributed by atoms with Gasteiger partial charge in [0, 0.05) is 24.1 Å². The highest BCUT2D eigenvalue weighted by Gasteiger charge is 2.13. The van der Waals surface area contributed by atoms with Crippen molar-refractivity contribution in [2.75, 3.05) is 0 Å². The minimum absolute atomic E-state index is 0.0774. The zero-order valence-electron chi connectivity index (χ0n) is 8.28. The summed E-state index contributed by atoms with van der Waals surface area (Å²) in [5.41, 5.74) is 0.940. The lowest BCUT2D eigenvalue weighted by Gasteiger charge is -2.04.